The lowest BCUT2D eigenvalue weighted by atomic mass is 10.0. The Labute approximate surface area is 136 Å². The zero-order valence-corrected chi connectivity index (χ0v) is 13.4. The number of likely N-dealkylation sites (tertiary alicyclic amines) is 1. The minimum atomic E-state index is 0.163. The van der Waals surface area contributed by atoms with E-state index in [4.69, 9.17) is 27.3 Å². The normalized spacial score (nSPS) is 29.2. The molecule has 0 aromatic heterocycles. The number of hydrogen-bond acceptors (Lipinski definition) is 4. The Morgan fingerprint density at radius 3 is 2.86 bits per heavy atom. The third kappa shape index (κ3) is 3.38. The molecule has 1 aliphatic heterocycles. The predicted molar refractivity (Wildman–Crippen MR) is 87.0 cm³/mol. The molecule has 118 valence electrons. The molecule has 2 aliphatic rings. The lowest BCUT2D eigenvalue weighted by Crippen LogP contribution is -2.51. The zero-order valence-electron chi connectivity index (χ0n) is 12.7. The van der Waals surface area contributed by atoms with E-state index in [1.807, 2.05) is 0 Å². The van der Waals surface area contributed by atoms with Crippen molar-refractivity contribution in [1.82, 2.24) is 4.90 Å². The van der Waals surface area contributed by atoms with Crippen molar-refractivity contribution in [2.45, 2.75) is 50.3 Å². The largest absolute Gasteiger partial charge is 0.487 e. The summed E-state index contributed by atoms with van der Waals surface area (Å²) in [6.45, 7) is 2.07. The number of nitriles is 1. The van der Waals surface area contributed by atoms with Gasteiger partial charge >= 0.3 is 0 Å². The molecule has 3 atom stereocenters. The minimum absolute atomic E-state index is 0.163. The average Bonchev–Trinajstić information content (AvgIpc) is 2.97. The summed E-state index contributed by atoms with van der Waals surface area (Å²) < 4.78 is 6.18. The second-order valence-electron chi connectivity index (χ2n) is 6.31. The molecule has 0 radical (unpaired) electrons. The first-order valence-corrected chi connectivity index (χ1v) is 8.41. The molecule has 2 fully saturated rings. The first kappa shape index (κ1) is 15.6. The van der Waals surface area contributed by atoms with Crippen molar-refractivity contribution in [2.75, 3.05) is 13.1 Å². The van der Waals surface area contributed by atoms with Crippen LogP contribution >= 0.6 is 11.6 Å². The Bertz CT molecular complexity index is 572. The minimum Gasteiger partial charge on any atom is -0.487 e. The van der Waals surface area contributed by atoms with Gasteiger partial charge in [0.05, 0.1) is 16.7 Å². The van der Waals surface area contributed by atoms with Crippen LogP contribution in [0.4, 0.5) is 0 Å². The number of piperidine rings is 1. The molecule has 1 aromatic rings. The van der Waals surface area contributed by atoms with Crippen molar-refractivity contribution >= 4 is 11.6 Å². The van der Waals surface area contributed by atoms with Gasteiger partial charge in [-0.3, -0.25) is 4.90 Å². The number of hydrogen-bond donors (Lipinski definition) is 1. The van der Waals surface area contributed by atoms with E-state index in [2.05, 4.69) is 11.0 Å². The molecule has 0 amide bonds. The molecule has 4 nitrogen and oxygen atoms in total. The zero-order chi connectivity index (χ0) is 15.5. The first-order valence-electron chi connectivity index (χ1n) is 8.03. The Hall–Kier alpha value is -1.28. The van der Waals surface area contributed by atoms with Gasteiger partial charge in [-0.15, -0.1) is 0 Å². The predicted octanol–water partition coefficient (Wildman–Crippen LogP) is 2.93. The molecule has 1 heterocycles. The molecule has 3 rings (SSSR count). The molecular formula is C17H22ClN3O. The second kappa shape index (κ2) is 6.87. The summed E-state index contributed by atoms with van der Waals surface area (Å²) in [5.41, 5.74) is 6.67. The van der Waals surface area contributed by atoms with Crippen LogP contribution in [-0.4, -0.2) is 36.2 Å². The fraction of sp³-hybridized carbons (Fsp3) is 0.588. The maximum absolute atomic E-state index is 8.91. The van der Waals surface area contributed by atoms with Gasteiger partial charge in [0.2, 0.25) is 0 Å². The van der Waals surface area contributed by atoms with E-state index in [-0.39, 0.29) is 12.1 Å². The molecule has 1 aromatic carbocycles. The van der Waals surface area contributed by atoms with Gasteiger partial charge in [0.25, 0.3) is 0 Å². The lowest BCUT2D eigenvalue weighted by molar-refractivity contribution is 0.0682. The fourth-order valence-electron chi connectivity index (χ4n) is 3.63. The summed E-state index contributed by atoms with van der Waals surface area (Å²) >= 11 is 6.23. The summed E-state index contributed by atoms with van der Waals surface area (Å²) in [5.74, 6) is 0.680. The van der Waals surface area contributed by atoms with E-state index < -0.39 is 0 Å². The summed E-state index contributed by atoms with van der Waals surface area (Å²) in [6.07, 6.45) is 5.83. The molecule has 22 heavy (non-hydrogen) atoms. The van der Waals surface area contributed by atoms with E-state index in [1.54, 1.807) is 18.2 Å². The first-order chi connectivity index (χ1) is 10.7. The third-order valence-electron chi connectivity index (χ3n) is 4.72. The molecule has 1 saturated carbocycles. The van der Waals surface area contributed by atoms with Gasteiger partial charge in [0.15, 0.2) is 0 Å². The fourth-order valence-corrected chi connectivity index (χ4v) is 3.86. The van der Waals surface area contributed by atoms with Gasteiger partial charge in [-0.2, -0.15) is 5.26 Å². The molecule has 5 heteroatoms. The summed E-state index contributed by atoms with van der Waals surface area (Å²) in [5, 5.41) is 9.42. The van der Waals surface area contributed by atoms with E-state index in [9.17, 15) is 0 Å². The molecule has 0 unspecified atom stereocenters. The van der Waals surface area contributed by atoms with Gasteiger partial charge in [0.1, 0.15) is 11.9 Å². The van der Waals surface area contributed by atoms with E-state index in [0.717, 1.165) is 32.4 Å². The molecule has 0 bridgehead atoms. The highest BCUT2D eigenvalue weighted by molar-refractivity contribution is 6.32. The van der Waals surface area contributed by atoms with Crippen LogP contribution in [0.15, 0.2) is 18.2 Å². The highest BCUT2D eigenvalue weighted by Crippen LogP contribution is 2.33. The van der Waals surface area contributed by atoms with Gasteiger partial charge < -0.3 is 10.5 Å². The van der Waals surface area contributed by atoms with Crippen molar-refractivity contribution in [3.05, 3.63) is 28.8 Å². The van der Waals surface area contributed by atoms with Crippen LogP contribution in [0.5, 0.6) is 5.75 Å². The summed E-state index contributed by atoms with van der Waals surface area (Å²) in [7, 11) is 0. The highest BCUT2D eigenvalue weighted by Gasteiger charge is 2.35. The number of nitrogens with two attached hydrogens (primary N) is 1. The van der Waals surface area contributed by atoms with Crippen LogP contribution in [0.1, 0.15) is 37.7 Å². The Balaban J connectivity index is 1.70. The summed E-state index contributed by atoms with van der Waals surface area (Å²) in [6, 6.07) is 8.03. The number of benzene rings is 1. The second-order valence-corrected chi connectivity index (χ2v) is 6.72. The standard InChI is InChI=1S/C17H22ClN3O/c18-14-9-12(10-19)6-7-16(14)22-17-5-1-4-15(17)21-8-2-3-13(20)11-21/h6-7,9,13,15,17H,1-5,8,11,20H2/t13-,15-,17-/m1/s1. The van der Waals surface area contributed by atoms with Gasteiger partial charge in [0, 0.05) is 18.6 Å². The molecule has 2 N–H and O–H groups in total. The topological polar surface area (TPSA) is 62.3 Å². The lowest BCUT2D eigenvalue weighted by Gasteiger charge is -2.38. The monoisotopic (exact) mass is 319 g/mol. The Morgan fingerprint density at radius 1 is 1.27 bits per heavy atom. The van der Waals surface area contributed by atoms with Gasteiger partial charge in [-0.1, -0.05) is 11.6 Å². The van der Waals surface area contributed by atoms with Crippen LogP contribution in [0, 0.1) is 11.3 Å². The highest BCUT2D eigenvalue weighted by atomic mass is 35.5. The SMILES string of the molecule is N#Cc1ccc(O[C@@H]2CCC[C@H]2N2CCC[C@@H](N)C2)c(Cl)c1. The van der Waals surface area contributed by atoms with Crippen molar-refractivity contribution in [3.63, 3.8) is 0 Å². The smallest absolute Gasteiger partial charge is 0.138 e. The van der Waals surface area contributed by atoms with Crippen LogP contribution in [0.2, 0.25) is 5.02 Å². The number of ether oxygens (including phenoxy) is 1. The number of halogens is 1. The van der Waals surface area contributed by atoms with Gasteiger partial charge in [-0.25, -0.2) is 0 Å². The van der Waals surface area contributed by atoms with Crippen molar-refractivity contribution in [2.24, 2.45) is 5.73 Å². The quantitative estimate of drug-likeness (QED) is 0.930. The van der Waals surface area contributed by atoms with Crippen molar-refractivity contribution < 1.29 is 4.74 Å². The average molecular weight is 320 g/mol. The maximum Gasteiger partial charge on any atom is 0.138 e. The van der Waals surface area contributed by atoms with Crippen LogP contribution in [0.25, 0.3) is 0 Å². The Kier molecular flexibility index (Phi) is 4.87. The third-order valence-corrected chi connectivity index (χ3v) is 5.01. The molecular weight excluding hydrogens is 298 g/mol. The van der Waals surface area contributed by atoms with Crippen molar-refractivity contribution in [1.29, 1.82) is 5.26 Å². The van der Waals surface area contributed by atoms with Crippen molar-refractivity contribution in [3.8, 4) is 11.8 Å². The number of nitrogens with zero attached hydrogens (tertiary/aromatic N) is 2. The van der Waals surface area contributed by atoms with Crippen LogP contribution in [-0.2, 0) is 0 Å². The summed E-state index contributed by atoms with van der Waals surface area (Å²) in [4.78, 5) is 2.49. The molecule has 1 aliphatic carbocycles. The van der Waals surface area contributed by atoms with E-state index >= 15 is 0 Å². The maximum atomic E-state index is 8.91. The molecule has 0 spiro atoms. The Morgan fingerprint density at radius 2 is 2.14 bits per heavy atom. The van der Waals surface area contributed by atoms with Gasteiger partial charge in [-0.05, 0) is 56.8 Å². The van der Waals surface area contributed by atoms with Crippen LogP contribution < -0.4 is 10.5 Å². The number of rotatable bonds is 3. The van der Waals surface area contributed by atoms with E-state index in [1.165, 1.54) is 12.8 Å². The molecule has 1 saturated heterocycles. The van der Waals surface area contributed by atoms with Crippen LogP contribution in [0.3, 0.4) is 0 Å². The van der Waals surface area contributed by atoms with E-state index in [0.29, 0.717) is 22.4 Å².